The second-order valence-electron chi connectivity index (χ2n) is 4.12. The van der Waals surface area contributed by atoms with E-state index < -0.39 is 6.61 Å². The highest BCUT2D eigenvalue weighted by Gasteiger charge is 2.05. The van der Waals surface area contributed by atoms with E-state index in [0.717, 1.165) is 21.7 Å². The van der Waals surface area contributed by atoms with Crippen molar-refractivity contribution in [1.82, 2.24) is 0 Å². The lowest BCUT2D eigenvalue weighted by molar-refractivity contribution is 0.0904. The van der Waals surface area contributed by atoms with Crippen molar-refractivity contribution in [3.8, 4) is 11.1 Å². The van der Waals surface area contributed by atoms with E-state index in [1.54, 1.807) is 12.1 Å². The number of rotatable bonds is 3. The number of benzene rings is 2. The van der Waals surface area contributed by atoms with Gasteiger partial charge in [0.2, 0.25) is 0 Å². The van der Waals surface area contributed by atoms with Crippen LogP contribution < -0.4 is 0 Å². The van der Waals surface area contributed by atoms with Gasteiger partial charge in [-0.25, -0.2) is 0 Å². The molecule has 0 aromatic heterocycles. The number of hydrogen-bond donors (Lipinski definition) is 1. The first kappa shape index (κ1) is 12.8. The predicted octanol–water partition coefficient (Wildman–Crippen LogP) is 3.49. The first-order valence-corrected chi connectivity index (χ1v) is 6.00. The van der Waals surface area contributed by atoms with Gasteiger partial charge in [-0.05, 0) is 35.7 Å². The minimum Gasteiger partial charge on any atom is -0.388 e. The van der Waals surface area contributed by atoms with Gasteiger partial charge >= 0.3 is 0 Å². The molecule has 0 heterocycles. The van der Waals surface area contributed by atoms with Gasteiger partial charge in [0.05, 0.1) is 0 Å². The predicted molar refractivity (Wildman–Crippen MR) is 73.0 cm³/mol. The molecule has 0 unspecified atom stereocenters. The average Bonchev–Trinajstić information content (AvgIpc) is 2.41. The van der Waals surface area contributed by atoms with Crippen LogP contribution in [0.2, 0.25) is 5.02 Å². The van der Waals surface area contributed by atoms with Crippen LogP contribution >= 0.6 is 11.6 Å². The van der Waals surface area contributed by atoms with Crippen molar-refractivity contribution in [3.63, 3.8) is 0 Å². The molecular formula is C15H13ClO2. The molecule has 0 bridgehead atoms. The molecule has 2 aromatic rings. The zero-order valence-corrected chi connectivity index (χ0v) is 10.7. The van der Waals surface area contributed by atoms with Crippen LogP contribution in [0, 0.1) is 6.92 Å². The maximum atomic E-state index is 11.3. The van der Waals surface area contributed by atoms with E-state index >= 15 is 0 Å². The Morgan fingerprint density at radius 1 is 1.11 bits per heavy atom. The Labute approximate surface area is 111 Å². The van der Waals surface area contributed by atoms with Crippen LogP contribution in [0.15, 0.2) is 42.5 Å². The lowest BCUT2D eigenvalue weighted by Gasteiger charge is -2.05. The Balaban J connectivity index is 2.34. The molecule has 0 fully saturated rings. The second-order valence-corrected chi connectivity index (χ2v) is 4.53. The van der Waals surface area contributed by atoms with Gasteiger partial charge in [0, 0.05) is 10.6 Å². The Morgan fingerprint density at radius 3 is 2.28 bits per heavy atom. The van der Waals surface area contributed by atoms with Crippen LogP contribution in [0.5, 0.6) is 0 Å². The fourth-order valence-electron chi connectivity index (χ4n) is 1.76. The summed E-state index contributed by atoms with van der Waals surface area (Å²) in [6.45, 7) is 1.49. The summed E-state index contributed by atoms with van der Waals surface area (Å²) in [6.07, 6.45) is 0. The summed E-state index contributed by atoms with van der Waals surface area (Å²) >= 11 is 5.98. The molecule has 1 N–H and O–H groups in total. The van der Waals surface area contributed by atoms with E-state index in [-0.39, 0.29) is 5.78 Å². The lowest BCUT2D eigenvalue weighted by Crippen LogP contribution is -2.03. The highest BCUT2D eigenvalue weighted by atomic mass is 35.5. The van der Waals surface area contributed by atoms with Crippen LogP contribution in [0.25, 0.3) is 11.1 Å². The molecule has 92 valence electrons. The standard InChI is InChI=1S/C15H13ClO2/c1-10-8-13(6-7-14(10)16)11-2-4-12(5-3-11)15(18)9-17/h2-8,17H,9H2,1H3. The molecule has 18 heavy (non-hydrogen) atoms. The second kappa shape index (κ2) is 5.34. The number of halogens is 1. The molecule has 2 aromatic carbocycles. The van der Waals surface area contributed by atoms with Crippen LogP contribution in [0.4, 0.5) is 0 Å². The molecule has 0 aliphatic heterocycles. The number of carbonyl (C=O) groups is 1. The van der Waals surface area contributed by atoms with Crippen molar-refractivity contribution in [2.24, 2.45) is 0 Å². The number of Topliss-reactive ketones (excluding diaryl/α,β-unsaturated/α-hetero) is 1. The Hall–Kier alpha value is -1.64. The van der Waals surface area contributed by atoms with Gasteiger partial charge in [-0.1, -0.05) is 41.9 Å². The summed E-state index contributed by atoms with van der Waals surface area (Å²) in [5, 5.41) is 9.52. The third-order valence-corrected chi connectivity index (χ3v) is 3.27. The number of aryl methyl sites for hydroxylation is 1. The zero-order valence-electron chi connectivity index (χ0n) is 9.98. The molecule has 0 saturated carbocycles. The normalized spacial score (nSPS) is 10.4. The van der Waals surface area contributed by atoms with Gasteiger partial charge in [-0.2, -0.15) is 0 Å². The summed E-state index contributed by atoms with van der Waals surface area (Å²) in [5.41, 5.74) is 3.61. The molecule has 2 nitrogen and oxygen atoms in total. The first-order chi connectivity index (χ1) is 8.61. The summed E-state index contributed by atoms with van der Waals surface area (Å²) in [5.74, 6) is -0.270. The summed E-state index contributed by atoms with van der Waals surface area (Å²) in [6, 6.07) is 13.0. The summed E-state index contributed by atoms with van der Waals surface area (Å²) in [7, 11) is 0. The molecule has 0 amide bonds. The third-order valence-electron chi connectivity index (χ3n) is 2.84. The number of aliphatic hydroxyl groups excluding tert-OH is 1. The van der Waals surface area contributed by atoms with Gasteiger partial charge in [0.25, 0.3) is 0 Å². The van der Waals surface area contributed by atoms with Crippen molar-refractivity contribution in [2.75, 3.05) is 6.61 Å². The van der Waals surface area contributed by atoms with Gasteiger partial charge in [0.1, 0.15) is 6.61 Å². The van der Waals surface area contributed by atoms with Crippen molar-refractivity contribution in [2.45, 2.75) is 6.92 Å². The summed E-state index contributed by atoms with van der Waals surface area (Å²) < 4.78 is 0. The number of carbonyl (C=O) groups excluding carboxylic acids is 1. The fraction of sp³-hybridized carbons (Fsp3) is 0.133. The number of hydrogen-bond acceptors (Lipinski definition) is 2. The van der Waals surface area contributed by atoms with Crippen LogP contribution in [0.3, 0.4) is 0 Å². The van der Waals surface area contributed by atoms with Crippen molar-refractivity contribution < 1.29 is 9.90 Å². The van der Waals surface area contributed by atoms with E-state index in [9.17, 15) is 4.79 Å². The molecule has 0 saturated heterocycles. The highest BCUT2D eigenvalue weighted by Crippen LogP contribution is 2.25. The number of ketones is 1. The van der Waals surface area contributed by atoms with Crippen molar-refractivity contribution in [3.05, 3.63) is 58.6 Å². The summed E-state index contributed by atoms with van der Waals surface area (Å²) in [4.78, 5) is 11.3. The minimum absolute atomic E-state index is 0.270. The molecule has 0 radical (unpaired) electrons. The minimum atomic E-state index is -0.459. The number of aliphatic hydroxyl groups is 1. The Morgan fingerprint density at radius 2 is 1.72 bits per heavy atom. The van der Waals surface area contributed by atoms with E-state index in [4.69, 9.17) is 16.7 Å². The Bertz CT molecular complexity index is 574. The van der Waals surface area contributed by atoms with E-state index in [1.807, 2.05) is 37.3 Å². The molecule has 2 rings (SSSR count). The van der Waals surface area contributed by atoms with Gasteiger partial charge in [-0.3, -0.25) is 4.79 Å². The van der Waals surface area contributed by atoms with Crippen LogP contribution in [-0.4, -0.2) is 17.5 Å². The SMILES string of the molecule is Cc1cc(-c2ccc(C(=O)CO)cc2)ccc1Cl. The first-order valence-electron chi connectivity index (χ1n) is 5.62. The fourth-order valence-corrected chi connectivity index (χ4v) is 1.88. The molecule has 0 spiro atoms. The van der Waals surface area contributed by atoms with Crippen LogP contribution in [0.1, 0.15) is 15.9 Å². The Kier molecular flexibility index (Phi) is 3.80. The van der Waals surface area contributed by atoms with E-state index in [2.05, 4.69) is 0 Å². The quantitative estimate of drug-likeness (QED) is 0.858. The molecule has 0 aliphatic carbocycles. The largest absolute Gasteiger partial charge is 0.388 e. The van der Waals surface area contributed by atoms with Crippen LogP contribution in [-0.2, 0) is 0 Å². The molecule has 0 atom stereocenters. The molecule has 3 heteroatoms. The highest BCUT2D eigenvalue weighted by molar-refractivity contribution is 6.31. The smallest absolute Gasteiger partial charge is 0.188 e. The maximum absolute atomic E-state index is 11.3. The van der Waals surface area contributed by atoms with Gasteiger partial charge in [-0.15, -0.1) is 0 Å². The van der Waals surface area contributed by atoms with E-state index in [0.29, 0.717) is 5.56 Å². The van der Waals surface area contributed by atoms with Crippen molar-refractivity contribution >= 4 is 17.4 Å². The molecule has 0 aliphatic rings. The van der Waals surface area contributed by atoms with Crippen molar-refractivity contribution in [1.29, 1.82) is 0 Å². The van der Waals surface area contributed by atoms with E-state index in [1.165, 1.54) is 0 Å². The maximum Gasteiger partial charge on any atom is 0.188 e. The zero-order chi connectivity index (χ0) is 13.1. The monoisotopic (exact) mass is 260 g/mol. The third kappa shape index (κ3) is 2.61. The topological polar surface area (TPSA) is 37.3 Å². The van der Waals surface area contributed by atoms with Gasteiger partial charge in [0.15, 0.2) is 5.78 Å². The van der Waals surface area contributed by atoms with Gasteiger partial charge < -0.3 is 5.11 Å². The average molecular weight is 261 g/mol. The lowest BCUT2D eigenvalue weighted by atomic mass is 10.0. The molecular weight excluding hydrogens is 248 g/mol.